The fraction of sp³-hybridized carbons (Fsp3) is 0.231. The number of nitrogens with zero attached hydrogens (tertiary/aromatic N) is 2. The van der Waals surface area contributed by atoms with Crippen LogP contribution in [-0.4, -0.2) is 27.0 Å². The molecule has 2 heterocycles. The van der Waals surface area contributed by atoms with Crippen molar-refractivity contribution in [3.63, 3.8) is 0 Å². The third kappa shape index (κ3) is 2.17. The van der Waals surface area contributed by atoms with Crippen LogP contribution in [0.25, 0.3) is 0 Å². The van der Waals surface area contributed by atoms with Crippen LogP contribution in [0.1, 0.15) is 43.4 Å². The number of nitrogens with one attached hydrogen (secondary N) is 2. The summed E-state index contributed by atoms with van der Waals surface area (Å²) in [6.07, 6.45) is 3.92. The van der Waals surface area contributed by atoms with Gasteiger partial charge in [-0.1, -0.05) is 0 Å². The third-order valence-electron chi connectivity index (χ3n) is 3.33. The van der Waals surface area contributed by atoms with Crippen molar-refractivity contribution in [3.05, 3.63) is 33.7 Å². The molecule has 8 heteroatoms. The summed E-state index contributed by atoms with van der Waals surface area (Å²) in [6.45, 7) is 0. The first-order chi connectivity index (χ1) is 10.1. The highest BCUT2D eigenvalue weighted by molar-refractivity contribution is 7.16. The maximum Gasteiger partial charge on any atom is 0.354 e. The zero-order valence-electron chi connectivity index (χ0n) is 10.8. The van der Waals surface area contributed by atoms with Gasteiger partial charge in [-0.2, -0.15) is 5.26 Å². The number of carboxylic acids is 1. The molecule has 7 nitrogen and oxygen atoms in total. The van der Waals surface area contributed by atoms with E-state index < -0.39 is 11.9 Å². The molecule has 0 aliphatic heterocycles. The van der Waals surface area contributed by atoms with E-state index in [2.05, 4.69) is 21.4 Å². The molecule has 2 aromatic heterocycles. The summed E-state index contributed by atoms with van der Waals surface area (Å²) >= 11 is 1.37. The average molecular weight is 302 g/mol. The van der Waals surface area contributed by atoms with E-state index in [1.165, 1.54) is 11.3 Å². The van der Waals surface area contributed by atoms with Crippen molar-refractivity contribution in [2.75, 3.05) is 5.32 Å². The molecule has 0 bridgehead atoms. The molecule has 0 fully saturated rings. The van der Waals surface area contributed by atoms with Gasteiger partial charge < -0.3 is 15.4 Å². The van der Waals surface area contributed by atoms with Crippen molar-refractivity contribution in [3.8, 4) is 6.07 Å². The summed E-state index contributed by atoms with van der Waals surface area (Å²) < 4.78 is 0. The monoisotopic (exact) mass is 302 g/mol. The van der Waals surface area contributed by atoms with Gasteiger partial charge in [0.1, 0.15) is 11.1 Å². The fourth-order valence-corrected chi connectivity index (χ4v) is 3.64. The molecular formula is C13H10N4O3S. The minimum absolute atomic E-state index is 0.194. The number of H-pyrrole nitrogens is 1. The molecule has 0 atom stereocenters. The van der Waals surface area contributed by atoms with E-state index in [-0.39, 0.29) is 11.4 Å². The van der Waals surface area contributed by atoms with Crippen LogP contribution in [0.15, 0.2) is 6.33 Å². The van der Waals surface area contributed by atoms with Crippen LogP contribution in [-0.2, 0) is 12.8 Å². The molecule has 3 rings (SSSR count). The van der Waals surface area contributed by atoms with Gasteiger partial charge >= 0.3 is 5.97 Å². The lowest BCUT2D eigenvalue weighted by Gasteiger charge is -2.02. The molecule has 0 saturated heterocycles. The molecule has 0 aromatic carbocycles. The number of anilines is 1. The number of rotatable bonds is 3. The second kappa shape index (κ2) is 5.03. The van der Waals surface area contributed by atoms with Crippen molar-refractivity contribution in [1.29, 1.82) is 5.26 Å². The normalized spacial score (nSPS) is 12.7. The lowest BCUT2D eigenvalue weighted by molar-refractivity contribution is 0.0686. The van der Waals surface area contributed by atoms with Gasteiger partial charge in [0.05, 0.1) is 11.9 Å². The van der Waals surface area contributed by atoms with Crippen molar-refractivity contribution in [2.45, 2.75) is 19.3 Å². The van der Waals surface area contributed by atoms with Crippen LogP contribution < -0.4 is 5.32 Å². The van der Waals surface area contributed by atoms with Crippen LogP contribution in [0.4, 0.5) is 5.00 Å². The Bertz CT molecular complexity index is 784. The predicted molar refractivity (Wildman–Crippen MR) is 74.6 cm³/mol. The Morgan fingerprint density at radius 2 is 2.29 bits per heavy atom. The van der Waals surface area contributed by atoms with Crippen LogP contribution in [0.5, 0.6) is 0 Å². The Labute approximate surface area is 123 Å². The quantitative estimate of drug-likeness (QED) is 0.798. The number of thiophene rings is 1. The van der Waals surface area contributed by atoms with Crippen LogP contribution in [0.3, 0.4) is 0 Å². The van der Waals surface area contributed by atoms with Gasteiger partial charge in [-0.15, -0.1) is 11.3 Å². The molecule has 2 aromatic rings. The molecule has 0 spiro atoms. The van der Waals surface area contributed by atoms with E-state index in [0.717, 1.165) is 36.0 Å². The van der Waals surface area contributed by atoms with Gasteiger partial charge in [0.2, 0.25) is 0 Å². The van der Waals surface area contributed by atoms with Gasteiger partial charge in [0, 0.05) is 4.88 Å². The number of aromatic nitrogens is 2. The number of aromatic carboxylic acids is 1. The molecule has 1 aliphatic rings. The number of amides is 1. The Balaban J connectivity index is 1.91. The van der Waals surface area contributed by atoms with Gasteiger partial charge in [-0.05, 0) is 24.8 Å². The first-order valence-corrected chi connectivity index (χ1v) is 7.06. The molecule has 1 amide bonds. The zero-order valence-corrected chi connectivity index (χ0v) is 11.6. The number of aryl methyl sites for hydroxylation is 1. The molecule has 3 N–H and O–H groups in total. The van der Waals surface area contributed by atoms with E-state index in [0.29, 0.717) is 10.6 Å². The summed E-state index contributed by atoms with van der Waals surface area (Å²) in [5.74, 6) is -1.89. The smallest absolute Gasteiger partial charge is 0.354 e. The molecule has 21 heavy (non-hydrogen) atoms. The molecular weight excluding hydrogens is 292 g/mol. The topological polar surface area (TPSA) is 119 Å². The van der Waals surface area contributed by atoms with Crippen LogP contribution >= 0.6 is 11.3 Å². The van der Waals surface area contributed by atoms with E-state index in [4.69, 9.17) is 5.11 Å². The molecule has 0 radical (unpaired) electrons. The number of nitriles is 1. The maximum atomic E-state index is 12.1. The van der Waals surface area contributed by atoms with Gasteiger partial charge in [-0.25, -0.2) is 9.78 Å². The van der Waals surface area contributed by atoms with Crippen LogP contribution in [0.2, 0.25) is 0 Å². The largest absolute Gasteiger partial charge is 0.477 e. The van der Waals surface area contributed by atoms with Gasteiger partial charge in [0.25, 0.3) is 5.91 Å². The van der Waals surface area contributed by atoms with E-state index in [1.807, 2.05) is 0 Å². The summed E-state index contributed by atoms with van der Waals surface area (Å²) in [5.41, 5.74) is 1.02. The van der Waals surface area contributed by atoms with Crippen molar-refractivity contribution < 1.29 is 14.7 Å². The highest BCUT2D eigenvalue weighted by Crippen LogP contribution is 2.38. The minimum Gasteiger partial charge on any atom is -0.477 e. The van der Waals surface area contributed by atoms with Gasteiger partial charge in [-0.3, -0.25) is 4.79 Å². The minimum atomic E-state index is -1.26. The summed E-state index contributed by atoms with van der Waals surface area (Å²) in [5, 5.41) is 21.3. The number of carboxylic acid groups (broad SMARTS) is 1. The Kier molecular flexibility index (Phi) is 3.19. The lowest BCUT2D eigenvalue weighted by Crippen LogP contribution is -2.16. The number of hydrogen-bond acceptors (Lipinski definition) is 5. The molecule has 0 saturated carbocycles. The predicted octanol–water partition coefficient (Wildman–Crippen LogP) is 1.78. The number of carbonyl (C=O) groups is 2. The summed E-state index contributed by atoms with van der Waals surface area (Å²) in [4.78, 5) is 30.4. The number of fused-ring (bicyclic) bond motifs is 1. The highest BCUT2D eigenvalue weighted by atomic mass is 32.1. The highest BCUT2D eigenvalue weighted by Gasteiger charge is 2.25. The number of aromatic amines is 1. The van der Waals surface area contributed by atoms with Gasteiger partial charge in [0.15, 0.2) is 11.4 Å². The van der Waals surface area contributed by atoms with Crippen molar-refractivity contribution in [1.82, 2.24) is 9.97 Å². The fourth-order valence-electron chi connectivity index (χ4n) is 2.40. The molecule has 0 unspecified atom stereocenters. The summed E-state index contributed by atoms with van der Waals surface area (Å²) in [7, 11) is 0. The first-order valence-electron chi connectivity index (χ1n) is 6.24. The van der Waals surface area contributed by atoms with E-state index in [1.54, 1.807) is 0 Å². The third-order valence-corrected chi connectivity index (χ3v) is 4.54. The Hall–Kier alpha value is -2.66. The van der Waals surface area contributed by atoms with E-state index in [9.17, 15) is 14.9 Å². The van der Waals surface area contributed by atoms with Crippen LogP contribution in [0, 0.1) is 11.3 Å². The molecule has 106 valence electrons. The molecule has 1 aliphatic carbocycles. The SMILES string of the molecule is N#Cc1c(NC(=O)c2nc[nH]c2C(=O)O)sc2c1CCC2. The first kappa shape index (κ1) is 13.3. The maximum absolute atomic E-state index is 12.1. The standard InChI is InChI=1S/C13H10N4O3S/c14-4-7-6-2-1-3-8(6)21-12(7)17-11(18)9-10(13(19)20)16-5-15-9/h5H,1-3H2,(H,15,16)(H,17,18)(H,19,20). The second-order valence-corrected chi connectivity index (χ2v) is 5.66. The lowest BCUT2D eigenvalue weighted by atomic mass is 10.1. The van der Waals surface area contributed by atoms with E-state index >= 15 is 0 Å². The second-order valence-electron chi connectivity index (χ2n) is 4.56. The van der Waals surface area contributed by atoms with Crippen molar-refractivity contribution >= 4 is 28.2 Å². The zero-order chi connectivity index (χ0) is 15.0. The van der Waals surface area contributed by atoms with Crippen molar-refractivity contribution in [2.24, 2.45) is 0 Å². The number of carbonyl (C=O) groups excluding carboxylic acids is 1. The number of hydrogen-bond donors (Lipinski definition) is 3. The summed E-state index contributed by atoms with van der Waals surface area (Å²) in [6, 6.07) is 2.12. The number of imidazole rings is 1. The average Bonchev–Trinajstić information content (AvgIpc) is 3.12. The Morgan fingerprint density at radius 3 is 3.00 bits per heavy atom. The Morgan fingerprint density at radius 1 is 1.48 bits per heavy atom.